The maximum atomic E-state index is 11.3. The van der Waals surface area contributed by atoms with E-state index in [9.17, 15) is 14.7 Å². The summed E-state index contributed by atoms with van der Waals surface area (Å²) in [6, 6.07) is 3.55. The Morgan fingerprint density at radius 1 is 0.968 bits per heavy atom. The van der Waals surface area contributed by atoms with Gasteiger partial charge in [0.25, 0.3) is 11.1 Å². The number of halogens is 1. The van der Waals surface area contributed by atoms with Crippen LogP contribution >= 0.6 is 0 Å². The first-order valence-corrected chi connectivity index (χ1v) is 9.11. The van der Waals surface area contributed by atoms with Gasteiger partial charge in [-0.25, -0.2) is 0 Å². The summed E-state index contributed by atoms with van der Waals surface area (Å²) in [7, 11) is 3.07. The molecule has 0 spiro atoms. The molecule has 31 heavy (non-hydrogen) atoms. The van der Waals surface area contributed by atoms with Crippen LogP contribution in [0.4, 0.5) is 0 Å². The largest absolute Gasteiger partial charge is 1.00 e. The van der Waals surface area contributed by atoms with E-state index in [1.54, 1.807) is 46.9 Å². The number of aromatic amines is 2. The molecule has 7 N–H and O–H groups in total. The van der Waals surface area contributed by atoms with Crippen molar-refractivity contribution >= 4 is 0 Å². The first-order valence-electron chi connectivity index (χ1n) is 9.11. The van der Waals surface area contributed by atoms with Crippen LogP contribution in [0.5, 0.6) is 11.5 Å². The van der Waals surface area contributed by atoms with E-state index in [0.717, 1.165) is 11.4 Å². The molecule has 9 nitrogen and oxygen atoms in total. The van der Waals surface area contributed by atoms with E-state index in [1.165, 1.54) is 7.11 Å². The third kappa shape index (κ3) is 13.6. The molecule has 0 atom stereocenters. The number of methoxy groups -OCH3 is 2. The number of nitrogens with two attached hydrogens (primary N) is 1. The number of ether oxygens (including phenoxy) is 2. The van der Waals surface area contributed by atoms with Crippen molar-refractivity contribution in [2.45, 2.75) is 53.3 Å². The average Bonchev–Trinajstić information content (AvgIpc) is 2.59. The molecule has 0 aromatic carbocycles. The first kappa shape index (κ1) is 34.3. The topological polar surface area (TPSA) is 161 Å². The molecule has 172 valence electrons. The van der Waals surface area contributed by atoms with Crippen molar-refractivity contribution < 1.29 is 62.3 Å². The Kier molecular flexibility index (Phi) is 18.1. The number of pyridine rings is 2. The van der Waals surface area contributed by atoms with Gasteiger partial charge >= 0.3 is 29.6 Å². The van der Waals surface area contributed by atoms with Crippen LogP contribution in [-0.4, -0.2) is 29.8 Å². The molecule has 0 unspecified atom stereocenters. The molecule has 2 aromatic rings. The minimum Gasteiger partial charge on any atom is -1.00 e. The fraction of sp³-hybridized carbons (Fsp3) is 0.500. The second kappa shape index (κ2) is 16.3. The van der Waals surface area contributed by atoms with E-state index >= 15 is 0 Å². The van der Waals surface area contributed by atoms with Crippen molar-refractivity contribution in [3.8, 4) is 11.5 Å². The van der Waals surface area contributed by atoms with Gasteiger partial charge in [-0.2, -0.15) is 0 Å². The number of nitrogens with one attached hydrogen (secondary N) is 2. The van der Waals surface area contributed by atoms with Crippen molar-refractivity contribution in [1.82, 2.24) is 9.97 Å². The van der Waals surface area contributed by atoms with E-state index in [0.29, 0.717) is 29.2 Å². The van der Waals surface area contributed by atoms with Crippen molar-refractivity contribution in [3.63, 3.8) is 0 Å². The van der Waals surface area contributed by atoms with E-state index in [2.05, 4.69) is 15.7 Å². The van der Waals surface area contributed by atoms with Gasteiger partial charge in [0.15, 0.2) is 0 Å². The molecular weight excluding hydrogens is 435 g/mol. The van der Waals surface area contributed by atoms with Gasteiger partial charge in [0.1, 0.15) is 23.6 Å². The standard InChI is InChI=1S/2C8H12N2O2.C4H9O.ClH.Na/c2*1-5-3-7(12-2)6(4-9)8(11)10-5;1-4(2,3)5;;/h2*3H,4,9H2,1-2H3,(H,10,11);1-3H3;1H;/q;;-1;;+1. The van der Waals surface area contributed by atoms with Crippen LogP contribution < -0.4 is 79.1 Å². The number of aromatic nitrogens is 2. The molecule has 2 rings (SSSR count). The molecule has 0 radical (unpaired) electrons. The Morgan fingerprint density at radius 2 is 1.29 bits per heavy atom. The van der Waals surface area contributed by atoms with Gasteiger partial charge in [-0.15, -0.1) is 5.60 Å². The molecular formula is C20H34ClN4NaO5. The summed E-state index contributed by atoms with van der Waals surface area (Å²) < 4.78 is 10.0. The predicted molar refractivity (Wildman–Crippen MR) is 111 cm³/mol. The zero-order valence-electron chi connectivity index (χ0n) is 19.8. The molecule has 0 saturated heterocycles. The number of quaternary nitrogens is 1. The minimum absolute atomic E-state index is 0. The molecule has 0 bridgehead atoms. The zero-order valence-corrected chi connectivity index (χ0v) is 22.5. The summed E-state index contributed by atoms with van der Waals surface area (Å²) in [5, 5.41) is 10.1. The monoisotopic (exact) mass is 468 g/mol. The molecule has 2 aromatic heterocycles. The summed E-state index contributed by atoms with van der Waals surface area (Å²) >= 11 is 0. The van der Waals surface area contributed by atoms with E-state index < -0.39 is 5.60 Å². The van der Waals surface area contributed by atoms with Crippen LogP contribution in [0.1, 0.15) is 43.3 Å². The number of rotatable bonds is 4. The van der Waals surface area contributed by atoms with E-state index in [4.69, 9.17) is 15.2 Å². The van der Waals surface area contributed by atoms with Gasteiger partial charge in [-0.3, -0.25) is 9.59 Å². The summed E-state index contributed by atoms with van der Waals surface area (Å²) in [6.45, 7) is 9.14. The maximum Gasteiger partial charge on any atom is 1.00 e. The summed E-state index contributed by atoms with van der Waals surface area (Å²) in [4.78, 5) is 27.8. The predicted octanol–water partition coefficient (Wildman–Crippen LogP) is -6.26. The van der Waals surface area contributed by atoms with Gasteiger partial charge < -0.3 is 48.4 Å². The van der Waals surface area contributed by atoms with Gasteiger partial charge in [-0.05, 0) is 26.0 Å². The van der Waals surface area contributed by atoms with E-state index in [-0.39, 0.29) is 59.6 Å². The molecule has 0 aliphatic rings. The fourth-order valence-electron chi connectivity index (χ4n) is 2.17. The molecule has 2 heterocycles. The normalized spacial score (nSPS) is 9.61. The SMILES string of the molecule is CC(C)(C)[O-].COc1cc(C)[nH]c(=O)c1CN.COc1cc(C)[nH]c(=O)c1C[NH3+].[Cl-].[Na+]. The van der Waals surface area contributed by atoms with Crippen LogP contribution in [0.25, 0.3) is 0 Å². The quantitative estimate of drug-likeness (QED) is 0.326. The van der Waals surface area contributed by atoms with Crippen LogP contribution in [0, 0.1) is 13.8 Å². The fourth-order valence-corrected chi connectivity index (χ4v) is 2.17. The Balaban J connectivity index is -0.000000397. The molecule has 0 saturated carbocycles. The van der Waals surface area contributed by atoms with Gasteiger partial charge in [0, 0.05) is 17.9 Å². The Labute approximate surface area is 211 Å². The second-order valence-electron chi connectivity index (χ2n) is 7.22. The Bertz CT molecular complexity index is 821. The third-order valence-electron chi connectivity index (χ3n) is 3.35. The van der Waals surface area contributed by atoms with Crippen molar-refractivity contribution in [2.75, 3.05) is 14.2 Å². The Hall–Kier alpha value is -1.33. The molecule has 0 aliphatic heterocycles. The number of hydrogen-bond acceptors (Lipinski definition) is 6. The number of H-pyrrole nitrogens is 2. The molecule has 0 aliphatic carbocycles. The number of aryl methyl sites for hydroxylation is 2. The van der Waals surface area contributed by atoms with Gasteiger partial charge in [-0.1, -0.05) is 20.8 Å². The third-order valence-corrected chi connectivity index (χ3v) is 3.35. The van der Waals surface area contributed by atoms with Crippen molar-refractivity contribution in [2.24, 2.45) is 5.73 Å². The van der Waals surface area contributed by atoms with Crippen LogP contribution in [0.15, 0.2) is 21.7 Å². The smallest absolute Gasteiger partial charge is 1.00 e. The average molecular weight is 469 g/mol. The number of hydrogen-bond donors (Lipinski definition) is 4. The second-order valence-corrected chi connectivity index (χ2v) is 7.22. The zero-order chi connectivity index (χ0) is 22.8. The maximum absolute atomic E-state index is 11.3. The molecule has 0 fully saturated rings. The minimum atomic E-state index is -0.750. The molecule has 11 heteroatoms. The summed E-state index contributed by atoms with van der Waals surface area (Å²) in [5.74, 6) is 1.17. The molecule has 0 amide bonds. The van der Waals surface area contributed by atoms with Crippen LogP contribution in [-0.2, 0) is 13.1 Å². The first-order chi connectivity index (χ1) is 13.4. The van der Waals surface area contributed by atoms with Crippen molar-refractivity contribution in [1.29, 1.82) is 0 Å². The summed E-state index contributed by atoms with van der Waals surface area (Å²) in [6.07, 6.45) is 0. The van der Waals surface area contributed by atoms with Gasteiger partial charge in [0.05, 0.1) is 19.8 Å². The summed E-state index contributed by atoms with van der Waals surface area (Å²) in [5.41, 5.74) is 10.7. The Morgan fingerprint density at radius 3 is 1.58 bits per heavy atom. The van der Waals surface area contributed by atoms with Crippen LogP contribution in [0.3, 0.4) is 0 Å². The van der Waals surface area contributed by atoms with Crippen LogP contribution in [0.2, 0.25) is 0 Å². The van der Waals surface area contributed by atoms with E-state index in [1.807, 2.05) is 6.92 Å². The van der Waals surface area contributed by atoms with Gasteiger partial charge in [0.2, 0.25) is 0 Å². The van der Waals surface area contributed by atoms with Crippen molar-refractivity contribution in [3.05, 3.63) is 55.4 Å².